The van der Waals surface area contributed by atoms with Crippen LogP contribution >= 0.6 is 47.1 Å². The third-order valence-electron chi connectivity index (χ3n) is 3.38. The fourth-order valence-electron chi connectivity index (χ4n) is 2.14. The van der Waals surface area contributed by atoms with E-state index in [1.165, 1.54) is 11.5 Å². The van der Waals surface area contributed by atoms with Gasteiger partial charge in [-0.15, -0.1) is 17.5 Å². The van der Waals surface area contributed by atoms with Crippen molar-refractivity contribution in [2.75, 3.05) is 5.32 Å². The fraction of sp³-hybridized carbons (Fsp3) is 0.118. The van der Waals surface area contributed by atoms with E-state index < -0.39 is 0 Å². The Bertz CT molecular complexity index is 908. The third-order valence-corrected chi connectivity index (χ3v) is 4.78. The summed E-state index contributed by atoms with van der Waals surface area (Å²) in [7, 11) is 0. The minimum Gasteiger partial charge on any atom is -0.338 e. The summed E-state index contributed by atoms with van der Waals surface area (Å²) in [6, 6.07) is 13.1. The molecule has 3 aromatic rings. The second kappa shape index (κ2) is 8.63. The molecule has 2 aromatic carbocycles. The van der Waals surface area contributed by atoms with Crippen LogP contribution in [0.4, 0.5) is 11.4 Å². The zero-order valence-corrected chi connectivity index (χ0v) is 16.6. The van der Waals surface area contributed by atoms with Crippen LogP contribution in [-0.4, -0.2) is 15.4 Å². The lowest BCUT2D eigenvalue weighted by molar-refractivity contribution is 1.09. The van der Waals surface area contributed by atoms with Crippen LogP contribution in [0.15, 0.2) is 47.5 Å². The van der Waals surface area contributed by atoms with Crippen molar-refractivity contribution < 1.29 is 0 Å². The molecular formula is C17H15Cl3N4S. The maximum Gasteiger partial charge on any atom is 0.152 e. The first-order chi connectivity index (χ1) is 11.5. The summed E-state index contributed by atoms with van der Waals surface area (Å²) in [4.78, 5) is 5.62. The van der Waals surface area contributed by atoms with Gasteiger partial charge in [-0.05, 0) is 61.3 Å². The molecule has 0 radical (unpaired) electrons. The summed E-state index contributed by atoms with van der Waals surface area (Å²) >= 11 is 13.6. The van der Waals surface area contributed by atoms with Crippen molar-refractivity contribution in [2.24, 2.45) is 4.99 Å². The lowest BCUT2D eigenvalue weighted by atomic mass is 10.2. The molecule has 0 bridgehead atoms. The molecule has 0 unspecified atom stereocenters. The topological polar surface area (TPSA) is 50.2 Å². The van der Waals surface area contributed by atoms with Crippen LogP contribution in [0, 0.1) is 13.8 Å². The van der Waals surface area contributed by atoms with Crippen molar-refractivity contribution in [1.82, 2.24) is 9.59 Å². The van der Waals surface area contributed by atoms with E-state index in [9.17, 15) is 0 Å². The minimum absolute atomic E-state index is 0. The van der Waals surface area contributed by atoms with Crippen molar-refractivity contribution in [2.45, 2.75) is 13.8 Å². The van der Waals surface area contributed by atoms with E-state index in [1.54, 1.807) is 0 Å². The second-order valence-corrected chi connectivity index (χ2v) is 6.78. The Hall–Kier alpha value is -1.66. The molecule has 8 heteroatoms. The number of aromatic nitrogens is 2. The van der Waals surface area contributed by atoms with Crippen LogP contribution in [0.1, 0.15) is 16.1 Å². The number of aliphatic imine (C=N–C) groups is 1. The van der Waals surface area contributed by atoms with Crippen LogP contribution in [0.25, 0.3) is 0 Å². The van der Waals surface area contributed by atoms with Crippen LogP contribution < -0.4 is 5.32 Å². The number of nitrogens with one attached hydrogen (secondary N) is 1. The summed E-state index contributed by atoms with van der Waals surface area (Å²) in [5, 5.41) is 8.67. The van der Waals surface area contributed by atoms with Crippen LogP contribution in [0.2, 0.25) is 10.0 Å². The average Bonchev–Trinajstić information content (AvgIpc) is 2.97. The summed E-state index contributed by atoms with van der Waals surface area (Å²) in [6.07, 6.45) is 0. The Morgan fingerprint density at radius 1 is 1.12 bits per heavy atom. The SMILES string of the molecule is Cc1cc(Cl)ccc1N=C(Nc1ccccc1Cl)c1snnc1C.Cl. The molecule has 1 aromatic heterocycles. The van der Waals surface area contributed by atoms with Crippen molar-refractivity contribution >= 4 is 64.4 Å². The highest BCUT2D eigenvalue weighted by molar-refractivity contribution is 7.08. The third kappa shape index (κ3) is 4.70. The highest BCUT2D eigenvalue weighted by Gasteiger charge is 2.14. The van der Waals surface area contributed by atoms with Gasteiger partial charge < -0.3 is 5.32 Å². The molecule has 0 aliphatic rings. The number of hydrogen-bond acceptors (Lipinski definition) is 4. The molecule has 0 fully saturated rings. The maximum absolute atomic E-state index is 6.26. The molecule has 1 N–H and O–H groups in total. The van der Waals surface area contributed by atoms with Gasteiger partial charge in [-0.3, -0.25) is 0 Å². The number of para-hydroxylation sites is 1. The first kappa shape index (κ1) is 19.7. The van der Waals surface area contributed by atoms with Gasteiger partial charge in [-0.1, -0.05) is 39.8 Å². The number of hydrogen-bond donors (Lipinski definition) is 1. The van der Waals surface area contributed by atoms with Crippen LogP contribution in [0.3, 0.4) is 0 Å². The lowest BCUT2D eigenvalue weighted by Gasteiger charge is -2.11. The van der Waals surface area contributed by atoms with Crippen molar-refractivity contribution in [3.8, 4) is 0 Å². The molecule has 0 aliphatic heterocycles. The first-order valence-electron chi connectivity index (χ1n) is 7.20. The van der Waals surface area contributed by atoms with Gasteiger partial charge in [0.1, 0.15) is 4.88 Å². The van der Waals surface area contributed by atoms with Gasteiger partial charge >= 0.3 is 0 Å². The van der Waals surface area contributed by atoms with E-state index in [-0.39, 0.29) is 12.4 Å². The van der Waals surface area contributed by atoms with E-state index in [0.29, 0.717) is 15.9 Å². The van der Waals surface area contributed by atoms with Gasteiger partial charge in [0, 0.05) is 5.02 Å². The van der Waals surface area contributed by atoms with Crippen molar-refractivity contribution in [1.29, 1.82) is 0 Å². The van der Waals surface area contributed by atoms with E-state index in [0.717, 1.165) is 27.5 Å². The Balaban J connectivity index is 0.00000225. The highest BCUT2D eigenvalue weighted by Crippen LogP contribution is 2.27. The number of anilines is 1. The zero-order chi connectivity index (χ0) is 17.1. The number of nitrogens with zero attached hydrogens (tertiary/aromatic N) is 3. The molecule has 130 valence electrons. The van der Waals surface area contributed by atoms with Gasteiger partial charge in [0.2, 0.25) is 0 Å². The standard InChI is InChI=1S/C17H14Cl2N4S.ClH/c1-10-9-12(18)7-8-14(10)20-17(16-11(2)22-23-24-16)21-15-6-4-3-5-13(15)19;/h3-9H,1-2H3,(H,20,21);1H. The molecule has 0 saturated heterocycles. The smallest absolute Gasteiger partial charge is 0.152 e. The average molecular weight is 414 g/mol. The molecule has 0 atom stereocenters. The number of halogens is 3. The van der Waals surface area contributed by atoms with Gasteiger partial charge in [0.05, 0.1) is 22.1 Å². The molecule has 1 heterocycles. The molecule has 0 saturated carbocycles. The van der Waals surface area contributed by atoms with Crippen molar-refractivity contribution in [3.05, 3.63) is 68.6 Å². The predicted molar refractivity (Wildman–Crippen MR) is 109 cm³/mol. The summed E-state index contributed by atoms with van der Waals surface area (Å²) < 4.78 is 4.00. The van der Waals surface area contributed by atoms with E-state index >= 15 is 0 Å². The molecule has 3 rings (SSSR count). The highest BCUT2D eigenvalue weighted by atomic mass is 35.5. The molecule has 4 nitrogen and oxygen atoms in total. The molecule has 0 aliphatic carbocycles. The first-order valence-corrected chi connectivity index (χ1v) is 8.73. The zero-order valence-electron chi connectivity index (χ0n) is 13.5. The summed E-state index contributed by atoms with van der Waals surface area (Å²) in [6.45, 7) is 3.87. The second-order valence-electron chi connectivity index (χ2n) is 5.18. The number of aryl methyl sites for hydroxylation is 2. The van der Waals surface area contributed by atoms with E-state index in [2.05, 4.69) is 14.9 Å². The Morgan fingerprint density at radius 3 is 2.52 bits per heavy atom. The summed E-state index contributed by atoms with van der Waals surface area (Å²) in [5.41, 5.74) is 3.39. The van der Waals surface area contributed by atoms with E-state index in [1.807, 2.05) is 56.3 Å². The van der Waals surface area contributed by atoms with Gasteiger partial charge in [-0.2, -0.15) is 0 Å². The van der Waals surface area contributed by atoms with Gasteiger partial charge in [0.15, 0.2) is 5.84 Å². The monoisotopic (exact) mass is 412 g/mol. The number of amidine groups is 1. The largest absolute Gasteiger partial charge is 0.338 e. The normalized spacial score (nSPS) is 11.1. The number of benzene rings is 2. The molecular weight excluding hydrogens is 399 g/mol. The Morgan fingerprint density at radius 2 is 1.88 bits per heavy atom. The molecule has 0 spiro atoms. The van der Waals surface area contributed by atoms with Gasteiger partial charge in [-0.25, -0.2) is 4.99 Å². The van der Waals surface area contributed by atoms with Crippen LogP contribution in [-0.2, 0) is 0 Å². The van der Waals surface area contributed by atoms with Crippen LogP contribution in [0.5, 0.6) is 0 Å². The Labute approximate surface area is 166 Å². The lowest BCUT2D eigenvalue weighted by Crippen LogP contribution is -2.13. The molecule has 0 amide bonds. The molecule has 25 heavy (non-hydrogen) atoms. The Kier molecular flexibility index (Phi) is 6.79. The number of rotatable bonds is 3. The minimum atomic E-state index is 0. The fourth-order valence-corrected chi connectivity index (χ4v) is 3.15. The van der Waals surface area contributed by atoms with E-state index in [4.69, 9.17) is 28.2 Å². The maximum atomic E-state index is 6.26. The summed E-state index contributed by atoms with van der Waals surface area (Å²) in [5.74, 6) is 0.654. The predicted octanol–water partition coefficient (Wildman–Crippen LogP) is 6.07. The van der Waals surface area contributed by atoms with Gasteiger partial charge in [0.25, 0.3) is 0 Å². The quantitative estimate of drug-likeness (QED) is 0.418. The van der Waals surface area contributed by atoms with Crippen molar-refractivity contribution in [3.63, 3.8) is 0 Å².